The quantitative estimate of drug-likeness (QED) is 0.306. The Bertz CT molecular complexity index is 1040. The van der Waals surface area contributed by atoms with E-state index in [4.69, 9.17) is 9.84 Å². The van der Waals surface area contributed by atoms with Gasteiger partial charge >= 0.3 is 17.6 Å². The number of carboxylic acid groups (broad SMARTS) is 1. The molecule has 3 aromatic rings. The zero-order valence-electron chi connectivity index (χ0n) is 14.1. The van der Waals surface area contributed by atoms with Crippen LogP contribution >= 0.6 is 0 Å². The molecule has 0 spiro atoms. The van der Waals surface area contributed by atoms with Gasteiger partial charge in [-0.2, -0.15) is 0 Å². The van der Waals surface area contributed by atoms with E-state index >= 15 is 0 Å². The van der Waals surface area contributed by atoms with Crippen molar-refractivity contribution in [2.75, 3.05) is 0 Å². The molecule has 27 heavy (non-hydrogen) atoms. The number of aromatic carboxylic acids is 1. The summed E-state index contributed by atoms with van der Waals surface area (Å²) in [6.45, 7) is 0. The highest BCUT2D eigenvalue weighted by atomic mass is 16.6. The van der Waals surface area contributed by atoms with Crippen molar-refractivity contribution < 1.29 is 24.4 Å². The number of rotatable bonds is 6. The van der Waals surface area contributed by atoms with Gasteiger partial charge in [-0.15, -0.1) is 0 Å². The van der Waals surface area contributed by atoms with Crippen molar-refractivity contribution in [3.8, 4) is 5.75 Å². The number of carbonyl (C=O) groups is 2. The maximum Gasteiger partial charge on any atom is 0.335 e. The van der Waals surface area contributed by atoms with E-state index in [1.807, 2.05) is 42.5 Å². The van der Waals surface area contributed by atoms with E-state index < -0.39 is 22.5 Å². The molecule has 0 aliphatic heterocycles. The summed E-state index contributed by atoms with van der Waals surface area (Å²) in [5.41, 5.74) is 0.274. The van der Waals surface area contributed by atoms with Crippen LogP contribution < -0.4 is 4.74 Å². The lowest BCUT2D eigenvalue weighted by atomic mass is 10.0. The van der Waals surface area contributed by atoms with Crippen LogP contribution in [-0.4, -0.2) is 22.0 Å². The van der Waals surface area contributed by atoms with Gasteiger partial charge in [-0.05, 0) is 28.8 Å². The molecule has 7 heteroatoms. The van der Waals surface area contributed by atoms with Crippen LogP contribution in [0, 0.1) is 10.1 Å². The first-order valence-electron chi connectivity index (χ1n) is 8.14. The van der Waals surface area contributed by atoms with Crippen LogP contribution in [0.3, 0.4) is 0 Å². The summed E-state index contributed by atoms with van der Waals surface area (Å²) in [6.07, 6.45) is 0.406. The molecule has 3 rings (SSSR count). The minimum atomic E-state index is -1.27. The molecule has 0 radical (unpaired) electrons. The third-order valence-electron chi connectivity index (χ3n) is 4.06. The first kappa shape index (κ1) is 18.1. The second-order valence-corrected chi connectivity index (χ2v) is 5.90. The highest BCUT2D eigenvalue weighted by Crippen LogP contribution is 2.28. The van der Waals surface area contributed by atoms with Crippen LogP contribution in [0.4, 0.5) is 5.69 Å². The summed E-state index contributed by atoms with van der Waals surface area (Å²) >= 11 is 0. The Morgan fingerprint density at radius 1 is 1.00 bits per heavy atom. The third kappa shape index (κ3) is 4.27. The second-order valence-electron chi connectivity index (χ2n) is 5.90. The summed E-state index contributed by atoms with van der Waals surface area (Å²) in [7, 11) is 0. The number of carboxylic acids is 1. The van der Waals surface area contributed by atoms with Crippen LogP contribution in [0.1, 0.15) is 22.3 Å². The number of nitro benzene ring substituents is 1. The zero-order valence-corrected chi connectivity index (χ0v) is 14.1. The fourth-order valence-electron chi connectivity index (χ4n) is 2.69. The van der Waals surface area contributed by atoms with Crippen molar-refractivity contribution in [3.05, 3.63) is 81.9 Å². The fourth-order valence-corrected chi connectivity index (χ4v) is 2.69. The summed E-state index contributed by atoms with van der Waals surface area (Å²) in [5.74, 6) is -2.31. The summed E-state index contributed by atoms with van der Waals surface area (Å²) in [5, 5.41) is 22.2. The van der Waals surface area contributed by atoms with Gasteiger partial charge in [-0.3, -0.25) is 14.9 Å². The molecule has 0 aromatic heterocycles. The molecule has 0 fully saturated rings. The van der Waals surface area contributed by atoms with Gasteiger partial charge in [0.1, 0.15) is 0 Å². The molecule has 0 heterocycles. The Hall–Kier alpha value is -3.74. The minimum absolute atomic E-state index is 0.00674. The maximum absolute atomic E-state index is 12.1. The van der Waals surface area contributed by atoms with Gasteiger partial charge in [0, 0.05) is 18.6 Å². The molecular formula is C20H15NO6. The first-order chi connectivity index (χ1) is 12.9. The van der Waals surface area contributed by atoms with Gasteiger partial charge in [0.15, 0.2) is 0 Å². The third-order valence-corrected chi connectivity index (χ3v) is 4.06. The number of carbonyl (C=O) groups excluding carboxylic acids is 1. The van der Waals surface area contributed by atoms with Gasteiger partial charge in [-0.25, -0.2) is 4.79 Å². The average Bonchev–Trinajstić information content (AvgIpc) is 2.66. The van der Waals surface area contributed by atoms with Crippen LogP contribution in [-0.2, 0) is 11.2 Å². The van der Waals surface area contributed by atoms with Crippen LogP contribution in [0.25, 0.3) is 10.8 Å². The highest BCUT2D eigenvalue weighted by molar-refractivity contribution is 5.89. The van der Waals surface area contributed by atoms with Crippen LogP contribution in [0.2, 0.25) is 0 Å². The largest absolute Gasteiger partial charge is 0.478 e. The van der Waals surface area contributed by atoms with E-state index in [0.29, 0.717) is 6.42 Å². The number of aryl methyl sites for hydroxylation is 1. The van der Waals surface area contributed by atoms with Gasteiger partial charge in [0.2, 0.25) is 5.75 Å². The summed E-state index contributed by atoms with van der Waals surface area (Å²) in [4.78, 5) is 33.5. The van der Waals surface area contributed by atoms with Gasteiger partial charge in [-0.1, -0.05) is 42.5 Å². The normalized spacial score (nSPS) is 10.5. The van der Waals surface area contributed by atoms with E-state index in [1.165, 1.54) is 0 Å². The van der Waals surface area contributed by atoms with Gasteiger partial charge in [0.05, 0.1) is 10.5 Å². The van der Waals surface area contributed by atoms with Gasteiger partial charge in [0.25, 0.3) is 0 Å². The SMILES string of the molecule is O=C(CCc1ccc2ccccc2c1)Oc1cc(C(=O)O)ccc1[N+](=O)[O-]. The zero-order chi connectivity index (χ0) is 19.4. The maximum atomic E-state index is 12.1. The first-order valence-corrected chi connectivity index (χ1v) is 8.14. The van der Waals surface area contributed by atoms with Crippen molar-refractivity contribution >= 4 is 28.4 Å². The molecule has 3 aromatic carbocycles. The van der Waals surface area contributed by atoms with Crippen molar-refractivity contribution in [1.82, 2.24) is 0 Å². The number of benzene rings is 3. The molecular weight excluding hydrogens is 350 g/mol. The minimum Gasteiger partial charge on any atom is -0.478 e. The molecule has 0 aliphatic rings. The van der Waals surface area contributed by atoms with E-state index in [2.05, 4.69) is 0 Å². The Kier molecular flexibility index (Phi) is 5.12. The highest BCUT2D eigenvalue weighted by Gasteiger charge is 2.20. The molecule has 0 aliphatic carbocycles. The monoisotopic (exact) mass is 365 g/mol. The van der Waals surface area contributed by atoms with E-state index in [0.717, 1.165) is 34.5 Å². The number of fused-ring (bicyclic) bond motifs is 1. The summed E-state index contributed by atoms with van der Waals surface area (Å²) in [6, 6.07) is 16.7. The smallest absolute Gasteiger partial charge is 0.335 e. The Balaban J connectivity index is 1.72. The Labute approximate surface area is 154 Å². The van der Waals surface area contributed by atoms with Crippen molar-refractivity contribution in [2.45, 2.75) is 12.8 Å². The molecule has 0 saturated carbocycles. The number of esters is 1. The molecule has 7 nitrogen and oxygen atoms in total. The molecule has 0 atom stereocenters. The molecule has 136 valence electrons. The van der Waals surface area contributed by atoms with Crippen molar-refractivity contribution in [3.63, 3.8) is 0 Å². The number of nitro groups is 1. The second kappa shape index (κ2) is 7.65. The van der Waals surface area contributed by atoms with E-state index in [1.54, 1.807) is 0 Å². The molecule has 0 amide bonds. The predicted octanol–water partition coefficient (Wildman–Crippen LogP) is 3.98. The number of hydrogen-bond acceptors (Lipinski definition) is 5. The van der Waals surface area contributed by atoms with Crippen LogP contribution in [0.15, 0.2) is 60.7 Å². The summed E-state index contributed by atoms with van der Waals surface area (Å²) < 4.78 is 5.06. The van der Waals surface area contributed by atoms with Crippen molar-refractivity contribution in [2.24, 2.45) is 0 Å². The number of ether oxygens (including phenoxy) is 1. The topological polar surface area (TPSA) is 107 Å². The molecule has 0 unspecified atom stereocenters. The van der Waals surface area contributed by atoms with Crippen LogP contribution in [0.5, 0.6) is 5.75 Å². The molecule has 0 bridgehead atoms. The standard InChI is InChI=1S/C20H15NO6/c22-19(10-6-13-5-7-14-3-1-2-4-15(14)11-13)27-18-12-16(20(23)24)8-9-17(18)21(25)26/h1-5,7-9,11-12H,6,10H2,(H,23,24). The number of nitrogens with zero attached hydrogens (tertiary/aromatic N) is 1. The lowest BCUT2D eigenvalue weighted by Crippen LogP contribution is -2.11. The lowest BCUT2D eigenvalue weighted by molar-refractivity contribution is -0.385. The van der Waals surface area contributed by atoms with Crippen molar-refractivity contribution in [1.29, 1.82) is 0 Å². The number of hydrogen-bond donors (Lipinski definition) is 1. The van der Waals surface area contributed by atoms with E-state index in [9.17, 15) is 19.7 Å². The molecule has 1 N–H and O–H groups in total. The average molecular weight is 365 g/mol. The van der Waals surface area contributed by atoms with Gasteiger partial charge < -0.3 is 9.84 Å². The fraction of sp³-hybridized carbons (Fsp3) is 0.100. The lowest BCUT2D eigenvalue weighted by Gasteiger charge is -2.07. The predicted molar refractivity (Wildman–Crippen MR) is 98.0 cm³/mol. The molecule has 0 saturated heterocycles. The Morgan fingerprint density at radius 3 is 2.44 bits per heavy atom. The van der Waals surface area contributed by atoms with E-state index in [-0.39, 0.29) is 17.7 Å². The Morgan fingerprint density at radius 2 is 1.74 bits per heavy atom.